The number of H-pyrrole nitrogens is 1. The molecular formula is C22H27N5O9. The van der Waals surface area contributed by atoms with Crippen molar-refractivity contribution in [3.63, 3.8) is 0 Å². The average molecular weight is 505 g/mol. The molecule has 194 valence electrons. The standard InChI is InChI=1S/C22H27N5O9/c1-10(25-20(33)13(23)7-17(28)29)19(32)26-15(21(34)27-16(22(35)36)8-18(30)31)6-11-9-24-14-5-3-2-4-12(11)14/h2-5,9-10,13,15-16,24H,6-8,23H2,1H3,(H,25,33)(H,26,32)(H,27,34)(H,28,29)(H,30,31)(H,35,36). The molecule has 4 atom stereocenters. The highest BCUT2D eigenvalue weighted by Crippen LogP contribution is 2.19. The lowest BCUT2D eigenvalue weighted by atomic mass is 10.0. The number of rotatable bonds is 13. The number of hydrogen-bond donors (Lipinski definition) is 8. The highest BCUT2D eigenvalue weighted by molar-refractivity contribution is 5.95. The maximum Gasteiger partial charge on any atom is 0.326 e. The van der Waals surface area contributed by atoms with E-state index in [0.717, 1.165) is 10.9 Å². The van der Waals surface area contributed by atoms with Gasteiger partial charge in [0.15, 0.2) is 0 Å². The van der Waals surface area contributed by atoms with Gasteiger partial charge in [-0.05, 0) is 18.6 Å². The Morgan fingerprint density at radius 1 is 0.861 bits per heavy atom. The zero-order valence-corrected chi connectivity index (χ0v) is 19.2. The first-order valence-electron chi connectivity index (χ1n) is 10.8. The van der Waals surface area contributed by atoms with Gasteiger partial charge >= 0.3 is 17.9 Å². The van der Waals surface area contributed by atoms with Crippen LogP contribution in [-0.4, -0.2) is 80.1 Å². The van der Waals surface area contributed by atoms with Crippen molar-refractivity contribution in [1.29, 1.82) is 0 Å². The van der Waals surface area contributed by atoms with Gasteiger partial charge in [-0.3, -0.25) is 24.0 Å². The predicted molar refractivity (Wildman–Crippen MR) is 124 cm³/mol. The van der Waals surface area contributed by atoms with E-state index in [0.29, 0.717) is 5.56 Å². The van der Waals surface area contributed by atoms with Crippen molar-refractivity contribution >= 4 is 46.5 Å². The van der Waals surface area contributed by atoms with E-state index in [2.05, 4.69) is 20.9 Å². The molecule has 9 N–H and O–H groups in total. The fourth-order valence-electron chi connectivity index (χ4n) is 3.34. The summed E-state index contributed by atoms with van der Waals surface area (Å²) in [5, 5.41) is 34.5. The van der Waals surface area contributed by atoms with Crippen LogP contribution in [-0.2, 0) is 35.2 Å². The Labute approximate surface area is 204 Å². The van der Waals surface area contributed by atoms with Crippen LogP contribution in [0, 0.1) is 0 Å². The number of para-hydroxylation sites is 1. The van der Waals surface area contributed by atoms with E-state index in [4.69, 9.17) is 15.9 Å². The van der Waals surface area contributed by atoms with Crippen molar-refractivity contribution < 1.29 is 44.1 Å². The molecule has 14 nitrogen and oxygen atoms in total. The number of nitrogens with one attached hydrogen (secondary N) is 4. The van der Waals surface area contributed by atoms with Crippen LogP contribution in [0.1, 0.15) is 25.3 Å². The molecule has 0 aliphatic rings. The topological polar surface area (TPSA) is 241 Å². The number of aromatic nitrogens is 1. The summed E-state index contributed by atoms with van der Waals surface area (Å²) in [4.78, 5) is 73.9. The van der Waals surface area contributed by atoms with Crippen LogP contribution < -0.4 is 21.7 Å². The number of carbonyl (C=O) groups excluding carboxylic acids is 3. The van der Waals surface area contributed by atoms with Crippen LogP contribution in [0.25, 0.3) is 10.9 Å². The molecule has 36 heavy (non-hydrogen) atoms. The minimum atomic E-state index is -1.75. The Morgan fingerprint density at radius 3 is 2.08 bits per heavy atom. The lowest BCUT2D eigenvalue weighted by Crippen LogP contribution is -2.57. The van der Waals surface area contributed by atoms with Gasteiger partial charge in [0, 0.05) is 23.5 Å². The first kappa shape index (κ1) is 27.8. The molecule has 1 aromatic heterocycles. The molecule has 0 saturated carbocycles. The number of amides is 3. The molecule has 0 bridgehead atoms. The number of carboxylic acid groups (broad SMARTS) is 3. The third-order valence-corrected chi connectivity index (χ3v) is 5.21. The van der Waals surface area contributed by atoms with Gasteiger partial charge in [-0.25, -0.2) is 4.79 Å². The molecule has 0 aliphatic carbocycles. The lowest BCUT2D eigenvalue weighted by Gasteiger charge is -2.23. The van der Waals surface area contributed by atoms with E-state index in [9.17, 15) is 33.9 Å². The number of fused-ring (bicyclic) bond motifs is 1. The minimum Gasteiger partial charge on any atom is -0.481 e. The van der Waals surface area contributed by atoms with Gasteiger partial charge in [0.25, 0.3) is 0 Å². The molecule has 3 amide bonds. The van der Waals surface area contributed by atoms with Crippen LogP contribution in [0.5, 0.6) is 0 Å². The quantitative estimate of drug-likeness (QED) is 0.157. The molecule has 2 rings (SSSR count). The molecule has 0 aliphatic heterocycles. The van der Waals surface area contributed by atoms with Crippen LogP contribution in [0.3, 0.4) is 0 Å². The highest BCUT2D eigenvalue weighted by Gasteiger charge is 2.30. The molecule has 4 unspecified atom stereocenters. The second-order valence-electron chi connectivity index (χ2n) is 8.06. The van der Waals surface area contributed by atoms with E-state index in [1.54, 1.807) is 30.5 Å². The monoisotopic (exact) mass is 505 g/mol. The normalized spacial score (nSPS) is 14.2. The average Bonchev–Trinajstić information content (AvgIpc) is 3.19. The van der Waals surface area contributed by atoms with Crippen LogP contribution in [0.15, 0.2) is 30.5 Å². The Hall–Kier alpha value is -4.46. The van der Waals surface area contributed by atoms with Crippen molar-refractivity contribution in [1.82, 2.24) is 20.9 Å². The summed E-state index contributed by atoms with van der Waals surface area (Å²) >= 11 is 0. The van der Waals surface area contributed by atoms with Crippen LogP contribution in [0.2, 0.25) is 0 Å². The van der Waals surface area contributed by atoms with E-state index in [1.165, 1.54) is 6.92 Å². The molecule has 0 saturated heterocycles. The molecular weight excluding hydrogens is 478 g/mol. The second-order valence-corrected chi connectivity index (χ2v) is 8.06. The number of hydrogen-bond acceptors (Lipinski definition) is 7. The molecule has 0 spiro atoms. The number of carboxylic acids is 3. The summed E-state index contributed by atoms with van der Waals surface area (Å²) in [6.45, 7) is 1.28. The fourth-order valence-corrected chi connectivity index (χ4v) is 3.34. The van der Waals surface area contributed by atoms with E-state index >= 15 is 0 Å². The Bertz CT molecular complexity index is 1160. The first-order valence-corrected chi connectivity index (χ1v) is 10.8. The second kappa shape index (κ2) is 12.3. The highest BCUT2D eigenvalue weighted by atomic mass is 16.4. The molecule has 14 heteroatoms. The lowest BCUT2D eigenvalue weighted by molar-refractivity contribution is -0.147. The number of aromatic amines is 1. The van der Waals surface area contributed by atoms with Crippen molar-refractivity contribution in [2.24, 2.45) is 5.73 Å². The van der Waals surface area contributed by atoms with Crippen molar-refractivity contribution in [3.8, 4) is 0 Å². The summed E-state index contributed by atoms with van der Waals surface area (Å²) in [6, 6.07) is 1.38. The number of carbonyl (C=O) groups is 6. The zero-order chi connectivity index (χ0) is 27.0. The SMILES string of the molecule is CC(NC(=O)C(N)CC(=O)O)C(=O)NC(Cc1c[nH]c2ccccc12)C(=O)NC(CC(=O)O)C(=O)O. The first-order chi connectivity index (χ1) is 16.9. The summed E-state index contributed by atoms with van der Waals surface area (Å²) in [5.41, 5.74) is 6.84. The smallest absolute Gasteiger partial charge is 0.326 e. The third kappa shape index (κ3) is 7.80. The molecule has 0 fully saturated rings. The third-order valence-electron chi connectivity index (χ3n) is 5.21. The molecule has 2 aromatic rings. The van der Waals surface area contributed by atoms with Crippen molar-refractivity contribution in [2.45, 2.75) is 50.4 Å². The summed E-state index contributed by atoms with van der Waals surface area (Å²) in [7, 11) is 0. The Balaban J connectivity index is 2.22. The Morgan fingerprint density at radius 2 is 1.47 bits per heavy atom. The van der Waals surface area contributed by atoms with Crippen LogP contribution in [0.4, 0.5) is 0 Å². The summed E-state index contributed by atoms with van der Waals surface area (Å²) in [5.74, 6) is -7.02. The largest absolute Gasteiger partial charge is 0.481 e. The van der Waals surface area contributed by atoms with E-state index in [1.807, 2.05) is 0 Å². The molecule has 1 aromatic carbocycles. The van der Waals surface area contributed by atoms with Gasteiger partial charge in [0.05, 0.1) is 18.9 Å². The number of benzene rings is 1. The van der Waals surface area contributed by atoms with Crippen molar-refractivity contribution in [2.75, 3.05) is 0 Å². The van der Waals surface area contributed by atoms with Gasteiger partial charge in [0.1, 0.15) is 18.1 Å². The minimum absolute atomic E-state index is 0.0970. The summed E-state index contributed by atoms with van der Waals surface area (Å²) < 4.78 is 0. The summed E-state index contributed by atoms with van der Waals surface area (Å²) in [6.07, 6.45) is -0.0337. The van der Waals surface area contributed by atoms with Gasteiger partial charge in [0.2, 0.25) is 17.7 Å². The van der Waals surface area contributed by atoms with Gasteiger partial charge in [-0.1, -0.05) is 18.2 Å². The van der Waals surface area contributed by atoms with Crippen LogP contribution >= 0.6 is 0 Å². The maximum atomic E-state index is 12.9. The van der Waals surface area contributed by atoms with E-state index < -0.39 is 72.6 Å². The molecule has 1 heterocycles. The maximum absolute atomic E-state index is 12.9. The number of aliphatic carboxylic acids is 3. The van der Waals surface area contributed by atoms with Gasteiger partial charge < -0.3 is 42.0 Å². The van der Waals surface area contributed by atoms with Crippen molar-refractivity contribution in [3.05, 3.63) is 36.0 Å². The number of nitrogens with two attached hydrogens (primary N) is 1. The van der Waals surface area contributed by atoms with Gasteiger partial charge in [-0.2, -0.15) is 0 Å². The predicted octanol–water partition coefficient (Wildman–Crippen LogP) is -1.45. The molecule has 0 radical (unpaired) electrons. The zero-order valence-electron chi connectivity index (χ0n) is 19.2. The fraction of sp³-hybridized carbons (Fsp3) is 0.364. The Kier molecular flexibility index (Phi) is 9.50. The van der Waals surface area contributed by atoms with E-state index in [-0.39, 0.29) is 6.42 Å². The van der Waals surface area contributed by atoms with Gasteiger partial charge in [-0.15, -0.1) is 0 Å².